The molecule has 21 heavy (non-hydrogen) atoms. The number of esters is 1. The van der Waals surface area contributed by atoms with Crippen molar-refractivity contribution in [2.45, 2.75) is 63.6 Å². The van der Waals surface area contributed by atoms with Gasteiger partial charge in [-0.05, 0) is 56.3 Å². The molecule has 1 heterocycles. The minimum atomic E-state index is -0.224. The van der Waals surface area contributed by atoms with Crippen LogP contribution in [0.2, 0.25) is 0 Å². The van der Waals surface area contributed by atoms with E-state index in [9.17, 15) is 4.79 Å². The lowest BCUT2D eigenvalue weighted by Gasteiger charge is -2.40. The lowest BCUT2D eigenvalue weighted by Crippen LogP contribution is -2.37. The van der Waals surface area contributed by atoms with E-state index in [0.29, 0.717) is 12.3 Å². The summed E-state index contributed by atoms with van der Waals surface area (Å²) < 4.78 is 16.4. The molecule has 4 heteroatoms. The second-order valence-corrected chi connectivity index (χ2v) is 7.01. The van der Waals surface area contributed by atoms with Crippen LogP contribution in [0.15, 0.2) is 0 Å². The Morgan fingerprint density at radius 3 is 2.14 bits per heavy atom. The maximum Gasteiger partial charge on any atom is 0.305 e. The lowest BCUT2D eigenvalue weighted by molar-refractivity contribution is -0.185. The fraction of sp³-hybridized carbons (Fsp3) is 0.941. The maximum absolute atomic E-state index is 11.4. The number of rotatable bonds is 3. The number of hydrogen-bond acceptors (Lipinski definition) is 4. The number of carbonyl (C=O) groups excluding carboxylic acids is 1. The Bertz CT molecular complexity index is 344. The SMILES string of the molecule is COC(=O)CC1CCC(C2CCC3(CC2)OCCO3)CC1. The van der Waals surface area contributed by atoms with Crippen molar-refractivity contribution in [1.82, 2.24) is 0 Å². The molecule has 1 aliphatic heterocycles. The second kappa shape index (κ2) is 6.66. The van der Waals surface area contributed by atoms with Crippen LogP contribution in [-0.2, 0) is 19.0 Å². The van der Waals surface area contributed by atoms with Gasteiger partial charge in [0.2, 0.25) is 0 Å². The summed E-state index contributed by atoms with van der Waals surface area (Å²) in [6.45, 7) is 1.53. The average Bonchev–Trinajstić information content (AvgIpc) is 2.97. The molecule has 2 aliphatic carbocycles. The summed E-state index contributed by atoms with van der Waals surface area (Å²) >= 11 is 0. The summed E-state index contributed by atoms with van der Waals surface area (Å²) in [5, 5.41) is 0. The van der Waals surface area contributed by atoms with Crippen molar-refractivity contribution in [3.8, 4) is 0 Å². The van der Waals surface area contributed by atoms with Crippen LogP contribution in [0.1, 0.15) is 57.8 Å². The third-order valence-corrected chi connectivity index (χ3v) is 5.85. The van der Waals surface area contributed by atoms with Crippen LogP contribution in [0.4, 0.5) is 0 Å². The van der Waals surface area contributed by atoms with E-state index >= 15 is 0 Å². The predicted molar refractivity (Wildman–Crippen MR) is 78.7 cm³/mol. The lowest BCUT2D eigenvalue weighted by atomic mass is 9.69. The molecule has 0 aromatic carbocycles. The first kappa shape index (κ1) is 15.3. The first-order chi connectivity index (χ1) is 10.2. The number of hydrogen-bond donors (Lipinski definition) is 0. The maximum atomic E-state index is 11.4. The van der Waals surface area contributed by atoms with Gasteiger partial charge in [-0.1, -0.05) is 0 Å². The Balaban J connectivity index is 1.42. The zero-order chi connectivity index (χ0) is 14.7. The highest BCUT2D eigenvalue weighted by Gasteiger charge is 2.42. The highest BCUT2D eigenvalue weighted by atomic mass is 16.7. The molecule has 0 amide bonds. The first-order valence-corrected chi connectivity index (χ1v) is 8.55. The van der Waals surface area contributed by atoms with E-state index in [2.05, 4.69) is 0 Å². The van der Waals surface area contributed by atoms with Gasteiger partial charge in [0.25, 0.3) is 0 Å². The molecule has 0 aromatic rings. The Kier molecular flexibility index (Phi) is 4.85. The second-order valence-electron chi connectivity index (χ2n) is 7.01. The van der Waals surface area contributed by atoms with Gasteiger partial charge in [0.05, 0.1) is 20.3 Å². The molecule has 4 nitrogen and oxygen atoms in total. The predicted octanol–water partition coefficient (Wildman–Crippen LogP) is 3.29. The van der Waals surface area contributed by atoms with E-state index in [0.717, 1.165) is 37.9 Å². The van der Waals surface area contributed by atoms with Crippen LogP contribution < -0.4 is 0 Å². The number of carbonyl (C=O) groups is 1. The number of methoxy groups -OCH3 is 1. The quantitative estimate of drug-likeness (QED) is 0.750. The van der Waals surface area contributed by atoms with Crippen molar-refractivity contribution >= 4 is 5.97 Å². The highest BCUT2D eigenvalue weighted by molar-refractivity contribution is 5.69. The van der Waals surface area contributed by atoms with Crippen LogP contribution in [0.3, 0.4) is 0 Å². The molecule has 1 saturated heterocycles. The van der Waals surface area contributed by atoms with Gasteiger partial charge in [-0.3, -0.25) is 4.79 Å². The highest BCUT2D eigenvalue weighted by Crippen LogP contribution is 2.45. The van der Waals surface area contributed by atoms with E-state index in [4.69, 9.17) is 14.2 Å². The van der Waals surface area contributed by atoms with Crippen LogP contribution >= 0.6 is 0 Å². The summed E-state index contributed by atoms with van der Waals surface area (Å²) in [6.07, 6.45) is 10.2. The van der Waals surface area contributed by atoms with Gasteiger partial charge < -0.3 is 14.2 Å². The van der Waals surface area contributed by atoms with Gasteiger partial charge in [-0.2, -0.15) is 0 Å². The summed E-state index contributed by atoms with van der Waals surface area (Å²) in [7, 11) is 1.49. The summed E-state index contributed by atoms with van der Waals surface area (Å²) in [4.78, 5) is 11.4. The Hall–Kier alpha value is -0.610. The van der Waals surface area contributed by atoms with E-state index in [1.807, 2.05) is 0 Å². The molecule has 0 aromatic heterocycles. The monoisotopic (exact) mass is 296 g/mol. The molecule has 120 valence electrons. The minimum Gasteiger partial charge on any atom is -0.469 e. The largest absolute Gasteiger partial charge is 0.469 e. The van der Waals surface area contributed by atoms with Gasteiger partial charge in [0, 0.05) is 19.3 Å². The normalized spacial score (nSPS) is 33.2. The van der Waals surface area contributed by atoms with Crippen molar-refractivity contribution in [3.05, 3.63) is 0 Å². The van der Waals surface area contributed by atoms with Crippen molar-refractivity contribution in [2.24, 2.45) is 17.8 Å². The Morgan fingerprint density at radius 2 is 1.57 bits per heavy atom. The van der Waals surface area contributed by atoms with E-state index < -0.39 is 0 Å². The van der Waals surface area contributed by atoms with Crippen molar-refractivity contribution in [2.75, 3.05) is 20.3 Å². The van der Waals surface area contributed by atoms with E-state index in [1.165, 1.54) is 45.6 Å². The van der Waals surface area contributed by atoms with Gasteiger partial charge in [-0.15, -0.1) is 0 Å². The van der Waals surface area contributed by atoms with E-state index in [-0.39, 0.29) is 11.8 Å². The van der Waals surface area contributed by atoms with Crippen molar-refractivity contribution in [1.29, 1.82) is 0 Å². The summed E-state index contributed by atoms with van der Waals surface area (Å²) in [6, 6.07) is 0. The van der Waals surface area contributed by atoms with Crippen LogP contribution in [0.25, 0.3) is 0 Å². The smallest absolute Gasteiger partial charge is 0.305 e. The third kappa shape index (κ3) is 3.59. The molecule has 0 N–H and O–H groups in total. The molecule has 0 bridgehead atoms. The Labute approximate surface area is 127 Å². The zero-order valence-corrected chi connectivity index (χ0v) is 13.1. The van der Waals surface area contributed by atoms with Crippen molar-refractivity contribution < 1.29 is 19.0 Å². The van der Waals surface area contributed by atoms with Crippen LogP contribution in [0.5, 0.6) is 0 Å². The number of ether oxygens (including phenoxy) is 3. The molecule has 0 unspecified atom stereocenters. The molecular weight excluding hydrogens is 268 g/mol. The molecule has 0 atom stereocenters. The molecule has 3 fully saturated rings. The standard InChI is InChI=1S/C17H28O4/c1-19-16(18)12-13-2-4-14(5-3-13)15-6-8-17(9-7-15)20-10-11-21-17/h13-15H,2-12H2,1H3. The summed E-state index contributed by atoms with van der Waals surface area (Å²) in [5.41, 5.74) is 0. The van der Waals surface area contributed by atoms with Gasteiger partial charge in [-0.25, -0.2) is 0 Å². The molecule has 2 saturated carbocycles. The molecule has 3 rings (SSSR count). The molecular formula is C17H28O4. The van der Waals surface area contributed by atoms with E-state index in [1.54, 1.807) is 0 Å². The van der Waals surface area contributed by atoms with Gasteiger partial charge in [0.1, 0.15) is 0 Å². The summed E-state index contributed by atoms with van der Waals surface area (Å²) in [5.74, 6) is 1.96. The Morgan fingerprint density at radius 1 is 1.00 bits per heavy atom. The molecule has 3 aliphatic rings. The average molecular weight is 296 g/mol. The van der Waals surface area contributed by atoms with Gasteiger partial charge in [0.15, 0.2) is 5.79 Å². The molecule has 1 spiro atoms. The first-order valence-electron chi connectivity index (χ1n) is 8.55. The third-order valence-electron chi connectivity index (χ3n) is 5.85. The van der Waals surface area contributed by atoms with Gasteiger partial charge >= 0.3 is 5.97 Å². The molecule has 0 radical (unpaired) electrons. The van der Waals surface area contributed by atoms with Crippen LogP contribution in [-0.4, -0.2) is 32.1 Å². The fourth-order valence-corrected chi connectivity index (χ4v) is 4.52. The minimum absolute atomic E-state index is 0.0476. The fourth-order valence-electron chi connectivity index (χ4n) is 4.52. The van der Waals surface area contributed by atoms with Crippen LogP contribution in [0, 0.1) is 17.8 Å². The zero-order valence-electron chi connectivity index (χ0n) is 13.1. The topological polar surface area (TPSA) is 44.8 Å². The van der Waals surface area contributed by atoms with Crippen molar-refractivity contribution in [3.63, 3.8) is 0 Å².